The zero-order chi connectivity index (χ0) is 14.9. The first-order chi connectivity index (χ1) is 8.91. The van der Waals surface area contributed by atoms with Crippen molar-refractivity contribution < 1.29 is 23.0 Å². The van der Waals surface area contributed by atoms with Crippen LogP contribution in [0.25, 0.3) is 0 Å². The van der Waals surface area contributed by atoms with Gasteiger partial charge in [-0.15, -0.1) is 0 Å². The number of rotatable bonds is 11. The molecule has 0 radical (unpaired) electrons. The molecule has 0 spiro atoms. The van der Waals surface area contributed by atoms with Crippen LogP contribution in [0.2, 0.25) is 0 Å². The lowest BCUT2D eigenvalue weighted by atomic mass is 10.3. The van der Waals surface area contributed by atoms with Gasteiger partial charge in [-0.2, -0.15) is 17.0 Å². The van der Waals surface area contributed by atoms with E-state index in [0.29, 0.717) is 19.6 Å². The van der Waals surface area contributed by atoms with Gasteiger partial charge in [0.2, 0.25) is 0 Å². The van der Waals surface area contributed by atoms with Gasteiger partial charge in [0, 0.05) is 47.0 Å². The maximum absolute atomic E-state index is 12.4. The lowest BCUT2D eigenvalue weighted by molar-refractivity contribution is 0.115. The lowest BCUT2D eigenvalue weighted by Crippen LogP contribution is -2.49. The Kier molecular flexibility index (Phi) is 9.50. The van der Waals surface area contributed by atoms with Crippen LogP contribution in [0.4, 0.5) is 0 Å². The zero-order valence-electron chi connectivity index (χ0n) is 12.2. The second-order valence-electron chi connectivity index (χ2n) is 4.31. The molecule has 0 aliphatic rings. The minimum atomic E-state index is -3.57. The summed E-state index contributed by atoms with van der Waals surface area (Å²) >= 11 is 0. The van der Waals surface area contributed by atoms with Crippen LogP contribution in [-0.2, 0) is 19.7 Å². The molecular formula is C11H26N2O5S. The van der Waals surface area contributed by atoms with Gasteiger partial charge in [0.25, 0.3) is 10.2 Å². The van der Waals surface area contributed by atoms with Crippen LogP contribution in [0.5, 0.6) is 0 Å². The van der Waals surface area contributed by atoms with Crippen LogP contribution >= 0.6 is 0 Å². The number of aliphatic hydroxyl groups excluding tert-OH is 1. The summed E-state index contributed by atoms with van der Waals surface area (Å²) in [6.07, 6.45) is 0.409. The molecule has 8 heteroatoms. The van der Waals surface area contributed by atoms with E-state index in [4.69, 9.17) is 14.6 Å². The van der Waals surface area contributed by atoms with Gasteiger partial charge in [0.05, 0.1) is 13.2 Å². The van der Waals surface area contributed by atoms with Crippen LogP contribution in [0.1, 0.15) is 13.3 Å². The number of aliphatic hydroxyl groups is 1. The standard InChI is InChI=1S/C11H26N2O5S/c1-11(10-18-4)13(7-9-17-3)19(15,16)12(2)6-5-8-14/h11,14H,5-10H2,1-4H3. The van der Waals surface area contributed by atoms with Gasteiger partial charge in [-0.3, -0.25) is 0 Å². The molecule has 0 bridgehead atoms. The third kappa shape index (κ3) is 6.15. The summed E-state index contributed by atoms with van der Waals surface area (Å²) in [5.41, 5.74) is 0. The molecule has 0 aliphatic heterocycles. The van der Waals surface area contributed by atoms with E-state index in [9.17, 15) is 8.42 Å². The van der Waals surface area contributed by atoms with Gasteiger partial charge >= 0.3 is 0 Å². The molecule has 19 heavy (non-hydrogen) atoms. The molecule has 0 heterocycles. The van der Waals surface area contributed by atoms with Crippen molar-refractivity contribution in [1.29, 1.82) is 0 Å². The predicted octanol–water partition coefficient (Wildman–Crippen LogP) is -0.471. The summed E-state index contributed by atoms with van der Waals surface area (Å²) in [7, 11) is 0.997. The Hall–Kier alpha value is -0.250. The SMILES string of the molecule is COCCN(C(C)COC)S(=O)(=O)N(C)CCCO. The highest BCUT2D eigenvalue weighted by atomic mass is 32.2. The van der Waals surface area contributed by atoms with E-state index < -0.39 is 10.2 Å². The van der Waals surface area contributed by atoms with Gasteiger partial charge in [0.1, 0.15) is 0 Å². The van der Waals surface area contributed by atoms with Crippen molar-refractivity contribution in [1.82, 2.24) is 8.61 Å². The summed E-state index contributed by atoms with van der Waals surface area (Å²) < 4.78 is 37.4. The maximum Gasteiger partial charge on any atom is 0.282 e. The van der Waals surface area contributed by atoms with Crippen LogP contribution in [0, 0.1) is 0 Å². The molecule has 0 aliphatic carbocycles. The van der Waals surface area contributed by atoms with Crippen LogP contribution in [0.15, 0.2) is 0 Å². The second kappa shape index (κ2) is 9.62. The Morgan fingerprint density at radius 3 is 2.32 bits per heavy atom. The van der Waals surface area contributed by atoms with Gasteiger partial charge < -0.3 is 14.6 Å². The third-order valence-electron chi connectivity index (χ3n) is 2.74. The van der Waals surface area contributed by atoms with E-state index in [0.717, 1.165) is 0 Å². The zero-order valence-corrected chi connectivity index (χ0v) is 13.0. The maximum atomic E-state index is 12.4. The van der Waals surface area contributed by atoms with Crippen molar-refractivity contribution in [2.45, 2.75) is 19.4 Å². The monoisotopic (exact) mass is 298 g/mol. The first kappa shape index (κ1) is 18.8. The van der Waals surface area contributed by atoms with E-state index >= 15 is 0 Å². The first-order valence-corrected chi connectivity index (χ1v) is 7.63. The fourth-order valence-corrected chi connectivity index (χ4v) is 3.20. The topological polar surface area (TPSA) is 79.3 Å². The van der Waals surface area contributed by atoms with Crippen molar-refractivity contribution in [2.75, 3.05) is 54.2 Å². The van der Waals surface area contributed by atoms with E-state index in [1.54, 1.807) is 6.92 Å². The molecule has 0 fully saturated rings. The molecule has 0 aromatic rings. The van der Waals surface area contributed by atoms with E-state index in [1.165, 1.54) is 29.9 Å². The van der Waals surface area contributed by atoms with Gasteiger partial charge in [-0.25, -0.2) is 0 Å². The molecule has 1 atom stereocenters. The molecule has 0 aromatic heterocycles. The molecule has 0 saturated carbocycles. The average Bonchev–Trinajstić information content (AvgIpc) is 2.36. The molecule has 0 aromatic carbocycles. The van der Waals surface area contributed by atoms with E-state index in [-0.39, 0.29) is 25.7 Å². The molecule has 116 valence electrons. The summed E-state index contributed by atoms with van der Waals surface area (Å²) in [6, 6.07) is -0.276. The normalized spacial score (nSPS) is 14.3. The molecule has 0 saturated heterocycles. The quantitative estimate of drug-likeness (QED) is 0.558. The highest BCUT2D eigenvalue weighted by Gasteiger charge is 2.30. The molecule has 1 unspecified atom stereocenters. The van der Waals surface area contributed by atoms with E-state index in [1.807, 2.05) is 0 Å². The largest absolute Gasteiger partial charge is 0.396 e. The Morgan fingerprint density at radius 2 is 1.84 bits per heavy atom. The molecule has 1 N–H and O–H groups in total. The molecule has 0 amide bonds. The highest BCUT2D eigenvalue weighted by molar-refractivity contribution is 7.86. The minimum Gasteiger partial charge on any atom is -0.396 e. The third-order valence-corrected chi connectivity index (χ3v) is 4.84. The molecular weight excluding hydrogens is 272 g/mol. The number of hydrogen-bond donors (Lipinski definition) is 1. The molecule has 0 rings (SSSR count). The van der Waals surface area contributed by atoms with Gasteiger partial charge in [-0.05, 0) is 13.3 Å². The van der Waals surface area contributed by atoms with Crippen molar-refractivity contribution in [3.63, 3.8) is 0 Å². The van der Waals surface area contributed by atoms with Crippen molar-refractivity contribution in [3.8, 4) is 0 Å². The Labute approximate surface area is 116 Å². The minimum absolute atomic E-state index is 0.0362. The second-order valence-corrected chi connectivity index (χ2v) is 6.30. The average molecular weight is 298 g/mol. The Morgan fingerprint density at radius 1 is 1.21 bits per heavy atom. The number of hydrogen-bond acceptors (Lipinski definition) is 5. The first-order valence-electron chi connectivity index (χ1n) is 6.23. The molecule has 7 nitrogen and oxygen atoms in total. The number of ether oxygens (including phenoxy) is 2. The predicted molar refractivity (Wildman–Crippen MR) is 73.2 cm³/mol. The number of methoxy groups -OCH3 is 2. The Balaban J connectivity index is 4.88. The van der Waals surface area contributed by atoms with Crippen LogP contribution in [0.3, 0.4) is 0 Å². The van der Waals surface area contributed by atoms with Gasteiger partial charge in [0.15, 0.2) is 0 Å². The summed E-state index contributed by atoms with van der Waals surface area (Å²) in [5, 5.41) is 8.78. The van der Waals surface area contributed by atoms with Crippen molar-refractivity contribution >= 4 is 10.2 Å². The fourth-order valence-electron chi connectivity index (χ4n) is 1.66. The summed E-state index contributed by atoms with van der Waals surface area (Å²) in [4.78, 5) is 0. The van der Waals surface area contributed by atoms with Gasteiger partial charge in [-0.1, -0.05) is 0 Å². The fraction of sp³-hybridized carbons (Fsp3) is 1.00. The smallest absolute Gasteiger partial charge is 0.282 e. The highest BCUT2D eigenvalue weighted by Crippen LogP contribution is 2.12. The lowest BCUT2D eigenvalue weighted by Gasteiger charge is -2.31. The van der Waals surface area contributed by atoms with Crippen molar-refractivity contribution in [2.24, 2.45) is 0 Å². The van der Waals surface area contributed by atoms with Crippen LogP contribution in [-0.4, -0.2) is 82.4 Å². The number of nitrogens with zero attached hydrogens (tertiary/aromatic N) is 2. The Bertz CT molecular complexity index is 323. The summed E-state index contributed by atoms with van der Waals surface area (Å²) in [6.45, 7) is 2.94. The van der Waals surface area contributed by atoms with E-state index in [2.05, 4.69) is 0 Å². The van der Waals surface area contributed by atoms with Crippen LogP contribution < -0.4 is 0 Å². The summed E-state index contributed by atoms with van der Waals surface area (Å²) in [5.74, 6) is 0. The van der Waals surface area contributed by atoms with Crippen molar-refractivity contribution in [3.05, 3.63) is 0 Å².